The van der Waals surface area contributed by atoms with E-state index >= 15 is 0 Å². The summed E-state index contributed by atoms with van der Waals surface area (Å²) in [5.41, 5.74) is 1.14. The summed E-state index contributed by atoms with van der Waals surface area (Å²) < 4.78 is 1.05. The summed E-state index contributed by atoms with van der Waals surface area (Å²) >= 11 is 4.95. The maximum Gasteiger partial charge on any atom is 0.261 e. The van der Waals surface area contributed by atoms with Crippen LogP contribution in [0.25, 0.3) is 0 Å². The van der Waals surface area contributed by atoms with Gasteiger partial charge in [0.2, 0.25) is 0 Å². The van der Waals surface area contributed by atoms with Gasteiger partial charge in [0.25, 0.3) is 5.91 Å². The third-order valence-corrected chi connectivity index (χ3v) is 5.11. The molecule has 16 heavy (non-hydrogen) atoms. The van der Waals surface area contributed by atoms with Crippen LogP contribution >= 0.6 is 27.3 Å². The van der Waals surface area contributed by atoms with Gasteiger partial charge in [0, 0.05) is 6.04 Å². The van der Waals surface area contributed by atoms with Crippen LogP contribution in [0.1, 0.15) is 41.4 Å². The number of nitrogens with one attached hydrogen (secondary N) is 1. The zero-order valence-electron chi connectivity index (χ0n) is 9.55. The van der Waals surface area contributed by atoms with E-state index in [0.717, 1.165) is 26.6 Å². The van der Waals surface area contributed by atoms with Crippen LogP contribution in [-0.2, 0) is 0 Å². The van der Waals surface area contributed by atoms with Crippen LogP contribution in [0, 0.1) is 12.8 Å². The molecule has 2 nitrogen and oxygen atoms in total. The van der Waals surface area contributed by atoms with Crippen molar-refractivity contribution in [2.75, 3.05) is 0 Å². The number of aryl methyl sites for hydroxylation is 1. The lowest BCUT2D eigenvalue weighted by molar-refractivity contribution is 0.0953. The van der Waals surface area contributed by atoms with Gasteiger partial charge < -0.3 is 5.32 Å². The number of hydrogen-bond acceptors (Lipinski definition) is 2. The first kappa shape index (κ1) is 12.1. The summed E-state index contributed by atoms with van der Waals surface area (Å²) in [4.78, 5) is 12.7. The van der Waals surface area contributed by atoms with Crippen LogP contribution < -0.4 is 5.32 Å². The third-order valence-electron chi connectivity index (χ3n) is 2.98. The van der Waals surface area contributed by atoms with Gasteiger partial charge in [-0.15, -0.1) is 11.3 Å². The van der Waals surface area contributed by atoms with Gasteiger partial charge >= 0.3 is 0 Å². The van der Waals surface area contributed by atoms with Crippen molar-refractivity contribution in [3.8, 4) is 0 Å². The molecule has 1 aromatic rings. The van der Waals surface area contributed by atoms with Crippen molar-refractivity contribution in [2.45, 2.75) is 39.2 Å². The summed E-state index contributed by atoms with van der Waals surface area (Å²) in [5, 5.41) is 3.10. The molecule has 1 saturated carbocycles. The van der Waals surface area contributed by atoms with Gasteiger partial charge in [0.1, 0.15) is 0 Å². The van der Waals surface area contributed by atoms with Gasteiger partial charge in [0.15, 0.2) is 0 Å². The van der Waals surface area contributed by atoms with Crippen LogP contribution in [0.15, 0.2) is 9.85 Å². The van der Waals surface area contributed by atoms with Gasteiger partial charge in [-0.05, 0) is 53.2 Å². The van der Waals surface area contributed by atoms with E-state index < -0.39 is 0 Å². The fourth-order valence-corrected chi connectivity index (χ4v) is 3.36. The highest BCUT2D eigenvalue weighted by Crippen LogP contribution is 2.35. The Labute approximate surface area is 109 Å². The number of carbonyl (C=O) groups excluding carboxylic acids is 1. The van der Waals surface area contributed by atoms with Crippen LogP contribution in [-0.4, -0.2) is 11.9 Å². The standard InChI is InChI=1S/C12H16BrNOS/c1-3-4-8-6-9(8)14-12(15)10-5-7(2)11(13)16-10/h5,8-9H,3-4,6H2,1-2H3,(H,14,15). The van der Waals surface area contributed by atoms with Gasteiger partial charge in [-0.1, -0.05) is 13.3 Å². The Morgan fingerprint density at radius 2 is 2.44 bits per heavy atom. The first-order valence-corrected chi connectivity index (χ1v) is 7.29. The highest BCUT2D eigenvalue weighted by molar-refractivity contribution is 9.11. The molecular formula is C12H16BrNOS. The largest absolute Gasteiger partial charge is 0.348 e. The van der Waals surface area contributed by atoms with E-state index in [0.29, 0.717) is 6.04 Å². The van der Waals surface area contributed by atoms with E-state index in [9.17, 15) is 4.79 Å². The van der Waals surface area contributed by atoms with Crippen LogP contribution in [0.2, 0.25) is 0 Å². The lowest BCUT2D eigenvalue weighted by Gasteiger charge is -2.01. The van der Waals surface area contributed by atoms with Crippen LogP contribution in [0.5, 0.6) is 0 Å². The Kier molecular flexibility index (Phi) is 3.70. The summed E-state index contributed by atoms with van der Waals surface area (Å²) in [6.07, 6.45) is 3.60. The smallest absolute Gasteiger partial charge is 0.261 e. The second-order valence-corrected chi connectivity index (χ2v) is 6.80. The van der Waals surface area contributed by atoms with E-state index in [1.165, 1.54) is 24.2 Å². The third kappa shape index (κ3) is 2.66. The second kappa shape index (κ2) is 4.88. The van der Waals surface area contributed by atoms with Crippen LogP contribution in [0.4, 0.5) is 0 Å². The van der Waals surface area contributed by atoms with Gasteiger partial charge in [0.05, 0.1) is 8.66 Å². The first-order valence-electron chi connectivity index (χ1n) is 5.68. The number of thiophene rings is 1. The summed E-state index contributed by atoms with van der Waals surface area (Å²) in [7, 11) is 0. The molecule has 1 heterocycles. The lowest BCUT2D eigenvalue weighted by atomic mass is 10.2. The quantitative estimate of drug-likeness (QED) is 0.902. The van der Waals surface area contributed by atoms with Crippen molar-refractivity contribution in [1.29, 1.82) is 0 Å². The van der Waals surface area contributed by atoms with E-state index in [4.69, 9.17) is 0 Å². The zero-order valence-corrected chi connectivity index (χ0v) is 12.0. The highest BCUT2D eigenvalue weighted by Gasteiger charge is 2.37. The molecule has 1 amide bonds. The van der Waals surface area contributed by atoms with Gasteiger partial charge in [-0.2, -0.15) is 0 Å². The summed E-state index contributed by atoms with van der Waals surface area (Å²) in [6.45, 7) is 4.20. The van der Waals surface area contributed by atoms with Crippen molar-refractivity contribution < 1.29 is 4.79 Å². The molecule has 0 aromatic carbocycles. The van der Waals surface area contributed by atoms with Crippen molar-refractivity contribution in [3.05, 3.63) is 20.3 Å². The molecule has 1 aliphatic carbocycles. The Bertz CT molecular complexity index is 382. The number of hydrogen-bond donors (Lipinski definition) is 1. The number of carbonyl (C=O) groups is 1. The average Bonchev–Trinajstić information content (AvgIpc) is 2.86. The van der Waals surface area contributed by atoms with Crippen molar-refractivity contribution in [2.24, 2.45) is 5.92 Å². The number of rotatable bonds is 4. The van der Waals surface area contributed by atoms with Crippen molar-refractivity contribution >= 4 is 33.2 Å². The van der Waals surface area contributed by atoms with E-state index in [-0.39, 0.29) is 5.91 Å². The molecule has 1 aromatic heterocycles. The second-order valence-electron chi connectivity index (χ2n) is 4.43. The fraction of sp³-hybridized carbons (Fsp3) is 0.583. The Morgan fingerprint density at radius 3 is 3.00 bits per heavy atom. The SMILES string of the molecule is CCCC1CC1NC(=O)c1cc(C)c(Br)s1. The van der Waals surface area contributed by atoms with Gasteiger partial charge in [-0.25, -0.2) is 0 Å². The summed E-state index contributed by atoms with van der Waals surface area (Å²) in [5.74, 6) is 0.806. The molecule has 0 saturated heterocycles. The summed E-state index contributed by atoms with van der Waals surface area (Å²) in [6, 6.07) is 2.37. The highest BCUT2D eigenvalue weighted by atomic mass is 79.9. The molecule has 0 radical (unpaired) electrons. The average molecular weight is 302 g/mol. The predicted molar refractivity (Wildman–Crippen MR) is 71.0 cm³/mol. The predicted octanol–water partition coefficient (Wildman–Crippen LogP) is 3.74. The number of halogens is 1. The molecular weight excluding hydrogens is 286 g/mol. The number of amides is 1. The minimum absolute atomic E-state index is 0.0856. The molecule has 88 valence electrons. The minimum atomic E-state index is 0.0856. The molecule has 2 atom stereocenters. The monoisotopic (exact) mass is 301 g/mol. The Morgan fingerprint density at radius 1 is 1.69 bits per heavy atom. The Balaban J connectivity index is 1.90. The minimum Gasteiger partial charge on any atom is -0.348 e. The van der Waals surface area contributed by atoms with E-state index in [2.05, 4.69) is 28.2 Å². The molecule has 0 spiro atoms. The lowest BCUT2D eigenvalue weighted by Crippen LogP contribution is -2.25. The molecule has 1 aliphatic rings. The normalized spacial score (nSPS) is 23.2. The molecule has 2 rings (SSSR count). The van der Waals surface area contributed by atoms with Crippen LogP contribution in [0.3, 0.4) is 0 Å². The molecule has 4 heteroatoms. The molecule has 1 N–H and O–H groups in total. The van der Waals surface area contributed by atoms with Crippen molar-refractivity contribution in [1.82, 2.24) is 5.32 Å². The fourth-order valence-electron chi connectivity index (χ4n) is 1.93. The topological polar surface area (TPSA) is 29.1 Å². The molecule has 1 fully saturated rings. The Hall–Kier alpha value is -0.350. The maximum atomic E-state index is 11.9. The molecule has 2 unspecified atom stereocenters. The van der Waals surface area contributed by atoms with E-state index in [1.54, 1.807) is 0 Å². The molecule has 0 bridgehead atoms. The van der Waals surface area contributed by atoms with E-state index in [1.807, 2.05) is 13.0 Å². The zero-order chi connectivity index (χ0) is 11.7. The maximum absolute atomic E-state index is 11.9. The molecule has 0 aliphatic heterocycles. The van der Waals surface area contributed by atoms with Gasteiger partial charge in [-0.3, -0.25) is 4.79 Å². The first-order chi connectivity index (χ1) is 7.61. The van der Waals surface area contributed by atoms with Crippen molar-refractivity contribution in [3.63, 3.8) is 0 Å².